The van der Waals surface area contributed by atoms with Gasteiger partial charge in [0.1, 0.15) is 5.76 Å². The number of hydrogen-bond donors (Lipinski definition) is 1. The fraction of sp³-hybridized carbons (Fsp3) is 0.667. The van der Waals surface area contributed by atoms with Gasteiger partial charge in [-0.3, -0.25) is 0 Å². The third kappa shape index (κ3) is 5.07. The third-order valence-electron chi connectivity index (χ3n) is 2.34. The van der Waals surface area contributed by atoms with E-state index in [0.717, 1.165) is 18.8 Å². The van der Waals surface area contributed by atoms with Crippen LogP contribution in [0.3, 0.4) is 0 Å². The summed E-state index contributed by atoms with van der Waals surface area (Å²) >= 11 is 0. The molecule has 0 aliphatic heterocycles. The van der Waals surface area contributed by atoms with Crippen LogP contribution in [0.25, 0.3) is 0 Å². The van der Waals surface area contributed by atoms with E-state index >= 15 is 0 Å². The molecule has 0 radical (unpaired) electrons. The zero-order valence-corrected chi connectivity index (χ0v) is 9.09. The molecule has 1 heterocycles. The van der Waals surface area contributed by atoms with Gasteiger partial charge in [-0.05, 0) is 25.1 Å². The van der Waals surface area contributed by atoms with Gasteiger partial charge in [0.2, 0.25) is 0 Å². The average molecular weight is 195 g/mol. The van der Waals surface area contributed by atoms with Gasteiger partial charge in [0.15, 0.2) is 0 Å². The molecule has 0 saturated heterocycles. The second kappa shape index (κ2) is 7.63. The SMILES string of the molecule is CCCCCCCNCc1ccco1. The average Bonchev–Trinajstić information content (AvgIpc) is 2.69. The standard InChI is InChI=1S/C12H21NO/c1-2-3-4-5-6-9-13-11-12-8-7-10-14-12/h7-8,10,13H,2-6,9,11H2,1H3. The van der Waals surface area contributed by atoms with Gasteiger partial charge in [0.05, 0.1) is 12.8 Å². The van der Waals surface area contributed by atoms with E-state index in [-0.39, 0.29) is 0 Å². The number of hydrogen-bond acceptors (Lipinski definition) is 2. The van der Waals surface area contributed by atoms with Crippen LogP contribution in [0, 0.1) is 0 Å². The zero-order valence-electron chi connectivity index (χ0n) is 9.09. The van der Waals surface area contributed by atoms with E-state index in [0.29, 0.717) is 0 Å². The molecule has 0 bridgehead atoms. The van der Waals surface area contributed by atoms with Crippen LogP contribution in [0.2, 0.25) is 0 Å². The minimum absolute atomic E-state index is 0.862. The van der Waals surface area contributed by atoms with E-state index in [1.54, 1.807) is 6.26 Å². The van der Waals surface area contributed by atoms with Crippen LogP contribution in [-0.4, -0.2) is 6.54 Å². The van der Waals surface area contributed by atoms with E-state index in [1.165, 1.54) is 32.1 Å². The molecule has 14 heavy (non-hydrogen) atoms. The lowest BCUT2D eigenvalue weighted by Crippen LogP contribution is -2.13. The number of unbranched alkanes of at least 4 members (excludes halogenated alkanes) is 4. The summed E-state index contributed by atoms with van der Waals surface area (Å²) in [6.45, 7) is 4.21. The Hall–Kier alpha value is -0.760. The van der Waals surface area contributed by atoms with Crippen LogP contribution in [0.4, 0.5) is 0 Å². The summed E-state index contributed by atoms with van der Waals surface area (Å²) in [6, 6.07) is 3.93. The van der Waals surface area contributed by atoms with Crippen LogP contribution >= 0.6 is 0 Å². The molecule has 0 fully saturated rings. The highest BCUT2D eigenvalue weighted by molar-refractivity contribution is 4.97. The van der Waals surface area contributed by atoms with Crippen molar-refractivity contribution in [2.45, 2.75) is 45.6 Å². The van der Waals surface area contributed by atoms with Gasteiger partial charge >= 0.3 is 0 Å². The first kappa shape index (κ1) is 11.3. The van der Waals surface area contributed by atoms with Crippen molar-refractivity contribution in [2.75, 3.05) is 6.54 Å². The van der Waals surface area contributed by atoms with Crippen molar-refractivity contribution < 1.29 is 4.42 Å². The lowest BCUT2D eigenvalue weighted by Gasteiger charge is -2.02. The third-order valence-corrected chi connectivity index (χ3v) is 2.34. The van der Waals surface area contributed by atoms with Crippen LogP contribution in [0.15, 0.2) is 22.8 Å². The van der Waals surface area contributed by atoms with Crippen molar-refractivity contribution >= 4 is 0 Å². The largest absolute Gasteiger partial charge is 0.468 e. The summed E-state index contributed by atoms with van der Waals surface area (Å²) < 4.78 is 5.22. The molecule has 1 aromatic heterocycles. The molecule has 1 N–H and O–H groups in total. The first-order valence-corrected chi connectivity index (χ1v) is 5.66. The lowest BCUT2D eigenvalue weighted by atomic mass is 10.1. The Bertz CT molecular complexity index is 206. The first-order valence-electron chi connectivity index (χ1n) is 5.66. The molecule has 0 aromatic carbocycles. The van der Waals surface area contributed by atoms with Crippen molar-refractivity contribution in [1.29, 1.82) is 0 Å². The Balaban J connectivity index is 1.85. The van der Waals surface area contributed by atoms with Crippen LogP contribution in [-0.2, 0) is 6.54 Å². The Morgan fingerprint density at radius 2 is 2.07 bits per heavy atom. The van der Waals surface area contributed by atoms with E-state index in [2.05, 4.69) is 12.2 Å². The minimum Gasteiger partial charge on any atom is -0.468 e. The minimum atomic E-state index is 0.862. The van der Waals surface area contributed by atoms with E-state index in [4.69, 9.17) is 4.42 Å². The fourth-order valence-electron chi connectivity index (χ4n) is 1.48. The van der Waals surface area contributed by atoms with Gasteiger partial charge in [0, 0.05) is 0 Å². The van der Waals surface area contributed by atoms with Crippen molar-refractivity contribution in [1.82, 2.24) is 5.32 Å². The maximum Gasteiger partial charge on any atom is 0.117 e. The summed E-state index contributed by atoms with van der Waals surface area (Å²) in [4.78, 5) is 0. The Morgan fingerprint density at radius 3 is 2.79 bits per heavy atom. The van der Waals surface area contributed by atoms with Crippen LogP contribution in [0.5, 0.6) is 0 Å². The van der Waals surface area contributed by atoms with Gasteiger partial charge in [-0.2, -0.15) is 0 Å². The van der Waals surface area contributed by atoms with Gasteiger partial charge < -0.3 is 9.73 Å². The second-order valence-corrected chi connectivity index (χ2v) is 3.67. The second-order valence-electron chi connectivity index (χ2n) is 3.67. The van der Waals surface area contributed by atoms with Crippen molar-refractivity contribution in [3.8, 4) is 0 Å². The smallest absolute Gasteiger partial charge is 0.117 e. The zero-order chi connectivity index (χ0) is 10.1. The molecular weight excluding hydrogens is 174 g/mol. The normalized spacial score (nSPS) is 10.6. The number of rotatable bonds is 8. The van der Waals surface area contributed by atoms with Crippen LogP contribution < -0.4 is 5.32 Å². The van der Waals surface area contributed by atoms with E-state index < -0.39 is 0 Å². The molecule has 0 amide bonds. The predicted molar refractivity (Wildman–Crippen MR) is 59.2 cm³/mol. The van der Waals surface area contributed by atoms with Gasteiger partial charge in [0.25, 0.3) is 0 Å². The number of nitrogens with one attached hydrogen (secondary N) is 1. The quantitative estimate of drug-likeness (QED) is 0.644. The first-order chi connectivity index (χ1) is 6.93. The fourth-order valence-corrected chi connectivity index (χ4v) is 1.48. The summed E-state index contributed by atoms with van der Waals surface area (Å²) in [5, 5.41) is 3.37. The topological polar surface area (TPSA) is 25.2 Å². The molecule has 2 nitrogen and oxygen atoms in total. The van der Waals surface area contributed by atoms with Crippen molar-refractivity contribution in [2.24, 2.45) is 0 Å². The van der Waals surface area contributed by atoms with Crippen molar-refractivity contribution in [3.63, 3.8) is 0 Å². The molecular formula is C12H21NO. The molecule has 0 aliphatic rings. The van der Waals surface area contributed by atoms with E-state index in [1.807, 2.05) is 12.1 Å². The van der Waals surface area contributed by atoms with E-state index in [9.17, 15) is 0 Å². The lowest BCUT2D eigenvalue weighted by molar-refractivity contribution is 0.477. The maximum atomic E-state index is 5.22. The molecule has 1 rings (SSSR count). The Morgan fingerprint density at radius 1 is 1.21 bits per heavy atom. The van der Waals surface area contributed by atoms with Crippen LogP contribution in [0.1, 0.15) is 44.8 Å². The van der Waals surface area contributed by atoms with Crippen molar-refractivity contribution in [3.05, 3.63) is 24.2 Å². The molecule has 0 saturated carbocycles. The molecule has 80 valence electrons. The predicted octanol–water partition coefficient (Wildman–Crippen LogP) is 3.34. The highest BCUT2D eigenvalue weighted by Crippen LogP contribution is 2.02. The summed E-state index contributed by atoms with van der Waals surface area (Å²) in [6.07, 6.45) is 8.41. The monoisotopic (exact) mass is 195 g/mol. The summed E-state index contributed by atoms with van der Waals surface area (Å²) in [5.41, 5.74) is 0. The van der Waals surface area contributed by atoms with Gasteiger partial charge in [-0.15, -0.1) is 0 Å². The molecule has 2 heteroatoms. The number of furan rings is 1. The Labute approximate surface area is 86.7 Å². The van der Waals surface area contributed by atoms with Gasteiger partial charge in [-0.25, -0.2) is 0 Å². The molecule has 0 spiro atoms. The maximum absolute atomic E-state index is 5.22. The summed E-state index contributed by atoms with van der Waals surface area (Å²) in [7, 11) is 0. The Kier molecular flexibility index (Phi) is 6.16. The highest BCUT2D eigenvalue weighted by atomic mass is 16.3. The molecule has 0 unspecified atom stereocenters. The summed E-state index contributed by atoms with van der Waals surface area (Å²) in [5.74, 6) is 1.03. The molecule has 0 aliphatic carbocycles. The highest BCUT2D eigenvalue weighted by Gasteiger charge is 1.93. The molecule has 0 atom stereocenters. The van der Waals surface area contributed by atoms with Gasteiger partial charge in [-0.1, -0.05) is 32.6 Å². The molecule has 1 aromatic rings.